The first kappa shape index (κ1) is 16.7. The van der Waals surface area contributed by atoms with E-state index in [4.69, 9.17) is 4.74 Å². The molecule has 2 aromatic heterocycles. The van der Waals surface area contributed by atoms with Gasteiger partial charge in [-0.2, -0.15) is 13.9 Å². The molecule has 0 aliphatic carbocycles. The van der Waals surface area contributed by atoms with E-state index in [1.54, 1.807) is 25.4 Å². The maximum Gasteiger partial charge on any atom is 0.387 e. The van der Waals surface area contributed by atoms with Gasteiger partial charge in [-0.1, -0.05) is 0 Å². The lowest BCUT2D eigenvalue weighted by Gasteiger charge is -2.17. The molecule has 0 bridgehead atoms. The number of hydrogen-bond acceptors (Lipinski definition) is 5. The van der Waals surface area contributed by atoms with Gasteiger partial charge in [-0.15, -0.1) is 0 Å². The van der Waals surface area contributed by atoms with Gasteiger partial charge in [0.25, 0.3) is 0 Å². The molecule has 26 heavy (non-hydrogen) atoms. The standard InChI is InChI=1S/C18H18F2N4O2/c1-25-13-5-7-24(10-13)16-8-11(4-6-21-16)17-14-9-12(26-18(19)20)2-3-15(14)22-23-17/h2-4,6,8-9,13,18H,5,7,10H2,1H3,(H,22,23). The van der Waals surface area contributed by atoms with Crippen molar-refractivity contribution in [3.8, 4) is 17.0 Å². The second kappa shape index (κ2) is 6.87. The van der Waals surface area contributed by atoms with Crippen LogP contribution >= 0.6 is 0 Å². The lowest BCUT2D eigenvalue weighted by Crippen LogP contribution is -2.23. The molecule has 1 unspecified atom stereocenters. The number of benzene rings is 1. The fraction of sp³-hybridized carbons (Fsp3) is 0.333. The van der Waals surface area contributed by atoms with Crippen molar-refractivity contribution >= 4 is 16.7 Å². The van der Waals surface area contributed by atoms with Crippen molar-refractivity contribution in [3.05, 3.63) is 36.5 Å². The summed E-state index contributed by atoms with van der Waals surface area (Å²) >= 11 is 0. The number of anilines is 1. The Labute approximate surface area is 148 Å². The van der Waals surface area contributed by atoms with Crippen molar-refractivity contribution in [2.24, 2.45) is 0 Å². The first-order valence-electron chi connectivity index (χ1n) is 8.31. The van der Waals surface area contributed by atoms with Crippen LogP contribution in [0, 0.1) is 0 Å². The molecule has 6 nitrogen and oxygen atoms in total. The van der Waals surface area contributed by atoms with Crippen molar-refractivity contribution in [1.82, 2.24) is 15.2 Å². The predicted octanol–water partition coefficient (Wildman–Crippen LogP) is 3.45. The highest BCUT2D eigenvalue weighted by atomic mass is 19.3. The number of H-pyrrole nitrogens is 1. The molecule has 1 atom stereocenters. The zero-order valence-corrected chi connectivity index (χ0v) is 14.2. The number of halogens is 2. The molecule has 0 radical (unpaired) electrons. The Morgan fingerprint density at radius 3 is 2.92 bits per heavy atom. The Bertz CT molecular complexity index is 915. The summed E-state index contributed by atoms with van der Waals surface area (Å²) in [5.41, 5.74) is 2.28. The SMILES string of the molecule is COC1CCN(c2cc(-c3n[nH]c4ccc(OC(F)F)cc34)ccn2)C1. The molecule has 1 aliphatic rings. The Morgan fingerprint density at radius 2 is 2.15 bits per heavy atom. The third-order valence-electron chi connectivity index (χ3n) is 4.58. The molecular weight excluding hydrogens is 342 g/mol. The highest BCUT2D eigenvalue weighted by molar-refractivity contribution is 5.94. The number of methoxy groups -OCH3 is 1. The van der Waals surface area contributed by atoms with E-state index < -0.39 is 6.61 Å². The van der Waals surface area contributed by atoms with Gasteiger partial charge in [0.05, 0.1) is 11.6 Å². The van der Waals surface area contributed by atoms with Crippen LogP contribution in [0.4, 0.5) is 14.6 Å². The summed E-state index contributed by atoms with van der Waals surface area (Å²) in [5, 5.41) is 7.99. The summed E-state index contributed by atoms with van der Waals surface area (Å²) in [6.07, 6.45) is 2.90. The van der Waals surface area contributed by atoms with E-state index in [0.717, 1.165) is 41.8 Å². The lowest BCUT2D eigenvalue weighted by atomic mass is 10.1. The number of pyridine rings is 1. The number of nitrogens with one attached hydrogen (secondary N) is 1. The summed E-state index contributed by atoms with van der Waals surface area (Å²) < 4.78 is 34.9. The minimum Gasteiger partial charge on any atom is -0.435 e. The summed E-state index contributed by atoms with van der Waals surface area (Å²) in [6.45, 7) is -1.19. The van der Waals surface area contributed by atoms with Gasteiger partial charge in [0.1, 0.15) is 17.3 Å². The third-order valence-corrected chi connectivity index (χ3v) is 4.58. The average molecular weight is 360 g/mol. The number of hydrogen-bond donors (Lipinski definition) is 1. The van der Waals surface area contributed by atoms with E-state index in [1.165, 1.54) is 6.07 Å². The molecule has 1 N–H and O–H groups in total. The summed E-state index contributed by atoms with van der Waals surface area (Å²) in [5.74, 6) is 0.949. The Balaban J connectivity index is 1.68. The molecule has 3 heterocycles. The van der Waals surface area contributed by atoms with E-state index in [0.29, 0.717) is 5.69 Å². The number of aromatic amines is 1. The van der Waals surface area contributed by atoms with Crippen LogP contribution in [0.3, 0.4) is 0 Å². The second-order valence-electron chi connectivity index (χ2n) is 6.15. The Hall–Kier alpha value is -2.74. The molecule has 1 aromatic carbocycles. The van der Waals surface area contributed by atoms with E-state index in [1.807, 2.05) is 12.1 Å². The molecule has 0 spiro atoms. The number of nitrogens with zero attached hydrogens (tertiary/aromatic N) is 3. The first-order chi connectivity index (χ1) is 12.6. The van der Waals surface area contributed by atoms with Crippen LogP contribution in [-0.2, 0) is 4.74 Å². The molecule has 0 saturated carbocycles. The Morgan fingerprint density at radius 1 is 1.27 bits per heavy atom. The normalized spacial score (nSPS) is 17.4. The quantitative estimate of drug-likeness (QED) is 0.755. The van der Waals surface area contributed by atoms with Gasteiger partial charge in [0.15, 0.2) is 0 Å². The number of fused-ring (bicyclic) bond motifs is 1. The second-order valence-corrected chi connectivity index (χ2v) is 6.15. The number of aromatic nitrogens is 3. The zero-order chi connectivity index (χ0) is 18.1. The molecule has 1 fully saturated rings. The highest BCUT2D eigenvalue weighted by Gasteiger charge is 2.23. The molecule has 1 saturated heterocycles. The number of alkyl halides is 2. The smallest absolute Gasteiger partial charge is 0.387 e. The molecular formula is C18H18F2N4O2. The van der Waals surface area contributed by atoms with E-state index in [9.17, 15) is 8.78 Å². The fourth-order valence-corrected chi connectivity index (χ4v) is 3.26. The predicted molar refractivity (Wildman–Crippen MR) is 93.6 cm³/mol. The average Bonchev–Trinajstić information content (AvgIpc) is 3.28. The molecule has 4 rings (SSSR count). The van der Waals surface area contributed by atoms with Gasteiger partial charge in [-0.3, -0.25) is 5.10 Å². The summed E-state index contributed by atoms with van der Waals surface area (Å²) in [6, 6.07) is 8.54. The molecule has 136 valence electrons. The summed E-state index contributed by atoms with van der Waals surface area (Å²) in [4.78, 5) is 6.61. The van der Waals surface area contributed by atoms with Crippen LogP contribution in [0.25, 0.3) is 22.2 Å². The molecule has 1 aliphatic heterocycles. The van der Waals surface area contributed by atoms with Crippen LogP contribution in [0.1, 0.15) is 6.42 Å². The van der Waals surface area contributed by atoms with Crippen LogP contribution in [-0.4, -0.2) is 48.1 Å². The fourth-order valence-electron chi connectivity index (χ4n) is 3.26. The van der Waals surface area contributed by atoms with E-state index in [-0.39, 0.29) is 11.9 Å². The maximum absolute atomic E-state index is 12.5. The monoisotopic (exact) mass is 360 g/mol. The maximum atomic E-state index is 12.5. The lowest BCUT2D eigenvalue weighted by molar-refractivity contribution is -0.0497. The van der Waals surface area contributed by atoms with Gasteiger partial charge in [0.2, 0.25) is 0 Å². The van der Waals surface area contributed by atoms with Crippen LogP contribution in [0.15, 0.2) is 36.5 Å². The number of ether oxygens (including phenoxy) is 2. The van der Waals surface area contributed by atoms with Gasteiger partial charge < -0.3 is 14.4 Å². The number of rotatable bonds is 5. The molecule has 8 heteroatoms. The van der Waals surface area contributed by atoms with Gasteiger partial charge in [-0.25, -0.2) is 4.98 Å². The van der Waals surface area contributed by atoms with Gasteiger partial charge in [0, 0.05) is 37.3 Å². The van der Waals surface area contributed by atoms with Crippen molar-refractivity contribution in [2.75, 3.05) is 25.1 Å². The van der Waals surface area contributed by atoms with Gasteiger partial charge in [-0.05, 0) is 36.8 Å². The third kappa shape index (κ3) is 3.20. The van der Waals surface area contributed by atoms with Crippen molar-refractivity contribution in [2.45, 2.75) is 19.1 Å². The van der Waals surface area contributed by atoms with Crippen molar-refractivity contribution in [3.63, 3.8) is 0 Å². The molecule has 3 aromatic rings. The largest absolute Gasteiger partial charge is 0.435 e. The van der Waals surface area contributed by atoms with Crippen LogP contribution in [0.2, 0.25) is 0 Å². The Kier molecular flexibility index (Phi) is 4.42. The molecule has 0 amide bonds. The summed E-state index contributed by atoms with van der Waals surface area (Å²) in [7, 11) is 1.72. The minimum atomic E-state index is -2.86. The zero-order valence-electron chi connectivity index (χ0n) is 14.2. The highest BCUT2D eigenvalue weighted by Crippen LogP contribution is 2.31. The van der Waals surface area contributed by atoms with Crippen LogP contribution < -0.4 is 9.64 Å². The van der Waals surface area contributed by atoms with E-state index >= 15 is 0 Å². The first-order valence-corrected chi connectivity index (χ1v) is 8.31. The van der Waals surface area contributed by atoms with Crippen molar-refractivity contribution in [1.29, 1.82) is 0 Å². The van der Waals surface area contributed by atoms with E-state index in [2.05, 4.69) is 24.8 Å². The van der Waals surface area contributed by atoms with Crippen molar-refractivity contribution < 1.29 is 18.3 Å². The minimum absolute atomic E-state index is 0.104. The van der Waals surface area contributed by atoms with Crippen LogP contribution in [0.5, 0.6) is 5.75 Å². The van der Waals surface area contributed by atoms with Gasteiger partial charge >= 0.3 is 6.61 Å². The topological polar surface area (TPSA) is 63.3 Å².